The lowest BCUT2D eigenvalue weighted by atomic mass is 10.3. The lowest BCUT2D eigenvalue weighted by molar-refractivity contribution is -0.134. The van der Waals surface area contributed by atoms with Gasteiger partial charge in [-0.2, -0.15) is 0 Å². The topological polar surface area (TPSA) is 63.9 Å². The molecule has 0 bridgehead atoms. The van der Waals surface area contributed by atoms with E-state index in [-0.39, 0.29) is 18.2 Å². The molecule has 1 amide bonds. The maximum Gasteiger partial charge on any atom is 0.359 e. The molecule has 0 saturated heterocycles. The lowest BCUT2D eigenvalue weighted by Crippen LogP contribution is -2.34. The van der Waals surface area contributed by atoms with E-state index >= 15 is 0 Å². The minimum Gasteiger partial charge on any atom is -0.451 e. The Labute approximate surface area is 123 Å². The van der Waals surface area contributed by atoms with Crippen LogP contribution in [0.1, 0.15) is 29.9 Å². The molecule has 2 heterocycles. The number of ether oxygens (including phenoxy) is 1. The first kappa shape index (κ1) is 15.0. The average Bonchev–Trinajstić information content (AvgIpc) is 2.89. The zero-order valence-electron chi connectivity index (χ0n) is 12.5. The van der Waals surface area contributed by atoms with Crippen LogP contribution in [0.4, 0.5) is 0 Å². The summed E-state index contributed by atoms with van der Waals surface area (Å²) in [6, 6.07) is 3.80. The molecule has 2 aromatic heterocycles. The zero-order valence-corrected chi connectivity index (χ0v) is 12.5. The Morgan fingerprint density at radius 2 is 2.05 bits per heavy atom. The Kier molecular flexibility index (Phi) is 4.57. The van der Waals surface area contributed by atoms with Gasteiger partial charge in [-0.1, -0.05) is 0 Å². The van der Waals surface area contributed by atoms with Gasteiger partial charge in [0, 0.05) is 25.5 Å². The van der Waals surface area contributed by atoms with E-state index in [9.17, 15) is 9.59 Å². The van der Waals surface area contributed by atoms with E-state index in [2.05, 4.69) is 4.98 Å². The molecule has 0 N–H and O–H groups in total. The van der Waals surface area contributed by atoms with Crippen molar-refractivity contribution >= 4 is 17.5 Å². The summed E-state index contributed by atoms with van der Waals surface area (Å²) in [6.45, 7) is 6.66. The molecule has 0 unspecified atom stereocenters. The smallest absolute Gasteiger partial charge is 0.359 e. The number of rotatable bonds is 5. The number of likely N-dealkylation sites (N-methyl/N-ethyl adjacent to an activating group) is 1. The van der Waals surface area contributed by atoms with Gasteiger partial charge in [0.1, 0.15) is 5.65 Å². The summed E-state index contributed by atoms with van der Waals surface area (Å²) in [7, 11) is 0. The number of hydrogen-bond acceptors (Lipinski definition) is 4. The number of aromatic nitrogens is 2. The normalized spacial score (nSPS) is 10.6. The maximum absolute atomic E-state index is 11.9. The second kappa shape index (κ2) is 6.39. The SMILES string of the molecule is CCN(CC)C(=O)COC(=O)c1cn2ccc(C)cc2n1. The van der Waals surface area contributed by atoms with Crippen LogP contribution in [0.15, 0.2) is 24.5 Å². The van der Waals surface area contributed by atoms with Gasteiger partial charge < -0.3 is 14.0 Å². The molecule has 0 aliphatic carbocycles. The molecule has 112 valence electrons. The summed E-state index contributed by atoms with van der Waals surface area (Å²) in [5, 5.41) is 0. The van der Waals surface area contributed by atoms with Crippen LogP contribution in [0.2, 0.25) is 0 Å². The summed E-state index contributed by atoms with van der Waals surface area (Å²) in [4.78, 5) is 29.5. The highest BCUT2D eigenvalue weighted by Crippen LogP contribution is 2.08. The Hall–Kier alpha value is -2.37. The monoisotopic (exact) mass is 289 g/mol. The highest BCUT2D eigenvalue weighted by Gasteiger charge is 2.16. The van der Waals surface area contributed by atoms with Crippen LogP contribution in [0.3, 0.4) is 0 Å². The first-order valence-electron chi connectivity index (χ1n) is 6.95. The molecule has 6 heteroatoms. The average molecular weight is 289 g/mol. The molecule has 0 spiro atoms. The number of esters is 1. The van der Waals surface area contributed by atoms with Crippen molar-refractivity contribution in [1.29, 1.82) is 0 Å². The second-order valence-corrected chi connectivity index (χ2v) is 4.74. The number of pyridine rings is 1. The number of aryl methyl sites for hydroxylation is 1. The van der Waals surface area contributed by atoms with Gasteiger partial charge in [-0.3, -0.25) is 4.79 Å². The molecule has 0 aliphatic heterocycles. The molecule has 6 nitrogen and oxygen atoms in total. The first-order valence-corrected chi connectivity index (χ1v) is 6.95. The van der Waals surface area contributed by atoms with E-state index in [4.69, 9.17) is 4.74 Å². The van der Waals surface area contributed by atoms with E-state index < -0.39 is 5.97 Å². The summed E-state index contributed by atoms with van der Waals surface area (Å²) in [5.41, 5.74) is 1.94. The summed E-state index contributed by atoms with van der Waals surface area (Å²) < 4.78 is 6.77. The largest absolute Gasteiger partial charge is 0.451 e. The van der Waals surface area contributed by atoms with Crippen LogP contribution in [-0.4, -0.2) is 45.9 Å². The lowest BCUT2D eigenvalue weighted by Gasteiger charge is -2.17. The minimum atomic E-state index is -0.586. The molecular weight excluding hydrogens is 270 g/mol. The first-order chi connectivity index (χ1) is 10.0. The van der Waals surface area contributed by atoms with Gasteiger partial charge in [-0.25, -0.2) is 9.78 Å². The van der Waals surface area contributed by atoms with Gasteiger partial charge in [-0.05, 0) is 38.5 Å². The molecule has 0 aliphatic rings. The van der Waals surface area contributed by atoms with E-state index in [0.29, 0.717) is 18.7 Å². The van der Waals surface area contributed by atoms with E-state index in [1.807, 2.05) is 39.1 Å². The Balaban J connectivity index is 2.03. The van der Waals surface area contributed by atoms with Crippen LogP contribution in [0, 0.1) is 6.92 Å². The Morgan fingerprint density at radius 1 is 1.33 bits per heavy atom. The predicted molar refractivity (Wildman–Crippen MR) is 78.1 cm³/mol. The molecule has 0 aromatic carbocycles. The number of carbonyl (C=O) groups is 2. The quantitative estimate of drug-likeness (QED) is 0.785. The van der Waals surface area contributed by atoms with Crippen molar-refractivity contribution in [2.45, 2.75) is 20.8 Å². The van der Waals surface area contributed by atoms with Crippen LogP contribution in [-0.2, 0) is 9.53 Å². The van der Waals surface area contributed by atoms with Gasteiger partial charge in [0.05, 0.1) is 0 Å². The fourth-order valence-electron chi connectivity index (χ4n) is 2.05. The zero-order chi connectivity index (χ0) is 15.4. The van der Waals surface area contributed by atoms with E-state index in [1.165, 1.54) is 0 Å². The molecule has 0 atom stereocenters. The molecule has 0 radical (unpaired) electrons. The van der Waals surface area contributed by atoms with Crippen LogP contribution in [0.5, 0.6) is 0 Å². The third kappa shape index (κ3) is 3.39. The van der Waals surface area contributed by atoms with Crippen LogP contribution in [0.25, 0.3) is 5.65 Å². The van der Waals surface area contributed by atoms with Crippen molar-refractivity contribution in [1.82, 2.24) is 14.3 Å². The number of nitrogens with zero attached hydrogens (tertiary/aromatic N) is 3. The van der Waals surface area contributed by atoms with Gasteiger partial charge in [-0.15, -0.1) is 0 Å². The van der Waals surface area contributed by atoms with Crippen molar-refractivity contribution in [3.05, 3.63) is 35.8 Å². The number of carbonyl (C=O) groups excluding carboxylic acids is 2. The summed E-state index contributed by atoms with van der Waals surface area (Å²) in [5.74, 6) is -0.787. The highest BCUT2D eigenvalue weighted by molar-refractivity contribution is 5.90. The van der Waals surface area contributed by atoms with Gasteiger partial charge in [0.2, 0.25) is 0 Å². The van der Waals surface area contributed by atoms with E-state index in [0.717, 1.165) is 5.56 Å². The van der Waals surface area contributed by atoms with Crippen molar-refractivity contribution in [3.63, 3.8) is 0 Å². The Bertz CT molecular complexity index is 659. The van der Waals surface area contributed by atoms with Crippen LogP contribution < -0.4 is 0 Å². The van der Waals surface area contributed by atoms with Gasteiger partial charge in [0.25, 0.3) is 5.91 Å². The molecule has 2 rings (SSSR count). The highest BCUT2D eigenvalue weighted by atomic mass is 16.5. The third-order valence-corrected chi connectivity index (χ3v) is 3.27. The third-order valence-electron chi connectivity index (χ3n) is 3.27. The van der Waals surface area contributed by atoms with Gasteiger partial charge >= 0.3 is 5.97 Å². The van der Waals surface area contributed by atoms with Crippen molar-refractivity contribution < 1.29 is 14.3 Å². The van der Waals surface area contributed by atoms with Crippen molar-refractivity contribution in [2.24, 2.45) is 0 Å². The van der Waals surface area contributed by atoms with Gasteiger partial charge in [0.15, 0.2) is 12.3 Å². The molecule has 21 heavy (non-hydrogen) atoms. The minimum absolute atomic E-state index is 0.201. The molecule has 0 fully saturated rings. The second-order valence-electron chi connectivity index (χ2n) is 4.74. The fourth-order valence-corrected chi connectivity index (χ4v) is 2.05. The Morgan fingerprint density at radius 3 is 2.71 bits per heavy atom. The predicted octanol–water partition coefficient (Wildman–Crippen LogP) is 1.67. The summed E-state index contributed by atoms with van der Waals surface area (Å²) >= 11 is 0. The number of imidazole rings is 1. The molecular formula is C15H19N3O3. The molecule has 0 saturated carbocycles. The van der Waals surface area contributed by atoms with Crippen molar-refractivity contribution in [3.8, 4) is 0 Å². The maximum atomic E-state index is 11.9. The molecule has 2 aromatic rings. The fraction of sp³-hybridized carbons (Fsp3) is 0.400. The van der Waals surface area contributed by atoms with E-state index in [1.54, 1.807) is 15.5 Å². The van der Waals surface area contributed by atoms with Crippen molar-refractivity contribution in [2.75, 3.05) is 19.7 Å². The van der Waals surface area contributed by atoms with Crippen LogP contribution >= 0.6 is 0 Å². The number of hydrogen-bond donors (Lipinski definition) is 0. The standard InChI is InChI=1S/C15H19N3O3/c1-4-17(5-2)14(19)10-21-15(20)12-9-18-7-6-11(3)8-13(18)16-12/h6-9H,4-5,10H2,1-3H3. The number of amides is 1. The number of fused-ring (bicyclic) bond motifs is 1. The summed E-state index contributed by atoms with van der Waals surface area (Å²) in [6.07, 6.45) is 3.43.